The van der Waals surface area contributed by atoms with Crippen molar-refractivity contribution >= 4 is 22.4 Å². The van der Waals surface area contributed by atoms with E-state index >= 15 is 0 Å². The lowest BCUT2D eigenvalue weighted by molar-refractivity contribution is 0.102. The number of aromatic nitrogens is 1. The van der Waals surface area contributed by atoms with Crippen molar-refractivity contribution in [3.63, 3.8) is 0 Å². The Morgan fingerprint density at radius 1 is 1.08 bits per heavy atom. The number of carbonyl (C=O) groups excluding carboxylic acids is 1. The van der Waals surface area contributed by atoms with Gasteiger partial charge in [0.1, 0.15) is 5.82 Å². The van der Waals surface area contributed by atoms with Gasteiger partial charge < -0.3 is 9.88 Å². The number of halogens is 1. The van der Waals surface area contributed by atoms with Crippen molar-refractivity contribution in [3.8, 4) is 5.69 Å². The van der Waals surface area contributed by atoms with Crippen LogP contribution in [0.15, 0.2) is 59.5 Å². The molecule has 1 aromatic heterocycles. The minimum absolute atomic E-state index is 0.264. The van der Waals surface area contributed by atoms with E-state index in [1.807, 2.05) is 18.4 Å². The predicted molar refractivity (Wildman–Crippen MR) is 102 cm³/mol. The molecule has 0 aliphatic rings. The number of carbonyl (C=O) groups is 1. The van der Waals surface area contributed by atoms with E-state index in [0.717, 1.165) is 11.4 Å². The molecule has 1 N–H and O–H groups in total. The van der Waals surface area contributed by atoms with E-state index in [-0.39, 0.29) is 11.7 Å². The van der Waals surface area contributed by atoms with E-state index < -0.39 is 10.8 Å². The van der Waals surface area contributed by atoms with Crippen LogP contribution in [0.2, 0.25) is 0 Å². The summed E-state index contributed by atoms with van der Waals surface area (Å²) >= 11 is 0. The van der Waals surface area contributed by atoms with Crippen molar-refractivity contribution in [2.75, 3.05) is 11.6 Å². The van der Waals surface area contributed by atoms with Crippen LogP contribution in [0.4, 0.5) is 10.1 Å². The third-order valence-electron chi connectivity index (χ3n) is 4.17. The van der Waals surface area contributed by atoms with Crippen LogP contribution >= 0.6 is 0 Å². The van der Waals surface area contributed by atoms with Crippen LogP contribution in [0.5, 0.6) is 0 Å². The molecule has 0 aliphatic carbocycles. The predicted octanol–water partition coefficient (Wildman–Crippen LogP) is 4.22. The average Bonchev–Trinajstić information content (AvgIpc) is 2.89. The Balaban J connectivity index is 1.93. The van der Waals surface area contributed by atoms with E-state index in [9.17, 15) is 13.4 Å². The number of hydrogen-bond acceptors (Lipinski definition) is 2. The van der Waals surface area contributed by atoms with Gasteiger partial charge in [-0.2, -0.15) is 0 Å². The van der Waals surface area contributed by atoms with Crippen molar-refractivity contribution in [2.24, 2.45) is 0 Å². The maximum atomic E-state index is 13.6. The molecule has 134 valence electrons. The summed E-state index contributed by atoms with van der Waals surface area (Å²) in [6.45, 7) is 3.69. The van der Waals surface area contributed by atoms with E-state index in [1.54, 1.807) is 48.7 Å². The average molecular weight is 370 g/mol. The van der Waals surface area contributed by atoms with Crippen molar-refractivity contribution in [1.29, 1.82) is 0 Å². The second-order valence-electron chi connectivity index (χ2n) is 6.04. The summed E-state index contributed by atoms with van der Waals surface area (Å²) < 4.78 is 27.0. The van der Waals surface area contributed by atoms with Gasteiger partial charge in [0.05, 0.1) is 5.56 Å². The molecule has 26 heavy (non-hydrogen) atoms. The molecule has 3 rings (SSSR count). The molecule has 0 saturated carbocycles. The maximum absolute atomic E-state index is 13.6. The van der Waals surface area contributed by atoms with Gasteiger partial charge in [-0.15, -0.1) is 0 Å². The highest BCUT2D eigenvalue weighted by Crippen LogP contribution is 2.23. The Hall–Kier alpha value is -2.73. The first-order chi connectivity index (χ1) is 12.4. The molecule has 0 bridgehead atoms. The molecule has 6 heteroatoms. The minimum atomic E-state index is -1.12. The van der Waals surface area contributed by atoms with E-state index in [0.29, 0.717) is 21.8 Å². The smallest absolute Gasteiger partial charge is 0.257 e. The normalized spacial score (nSPS) is 12.0. The summed E-state index contributed by atoms with van der Waals surface area (Å²) in [7, 11) is -1.12. The number of nitrogens with one attached hydrogen (secondary N) is 1. The molecule has 0 fully saturated rings. The number of hydrogen-bond donors (Lipinski definition) is 1. The Labute approximate surface area is 154 Å². The van der Waals surface area contributed by atoms with Crippen LogP contribution in [-0.2, 0) is 10.8 Å². The van der Waals surface area contributed by atoms with Crippen molar-refractivity contribution in [3.05, 3.63) is 77.4 Å². The summed E-state index contributed by atoms with van der Waals surface area (Å²) in [5, 5.41) is 2.84. The zero-order chi connectivity index (χ0) is 18.8. The number of nitrogens with zero attached hydrogens (tertiary/aromatic N) is 1. The lowest BCUT2D eigenvalue weighted by Gasteiger charge is -2.10. The van der Waals surface area contributed by atoms with Gasteiger partial charge in [-0.1, -0.05) is 12.1 Å². The fourth-order valence-electron chi connectivity index (χ4n) is 2.96. The zero-order valence-electron chi connectivity index (χ0n) is 14.7. The van der Waals surface area contributed by atoms with Gasteiger partial charge in [-0.3, -0.25) is 9.00 Å². The molecule has 1 heterocycles. The Morgan fingerprint density at radius 3 is 2.50 bits per heavy atom. The SMILES string of the molecule is Cc1cc(C(=O)Nc2cccc(S(C)=O)c2)c(C)n1-c1cccc(F)c1. The number of rotatable bonds is 4. The summed E-state index contributed by atoms with van der Waals surface area (Å²) in [6, 6.07) is 15.0. The molecule has 0 radical (unpaired) electrons. The van der Waals surface area contributed by atoms with Crippen LogP contribution in [0.1, 0.15) is 21.7 Å². The fraction of sp³-hybridized carbons (Fsp3) is 0.150. The topological polar surface area (TPSA) is 51.1 Å². The van der Waals surface area contributed by atoms with E-state index in [4.69, 9.17) is 0 Å². The highest BCUT2D eigenvalue weighted by molar-refractivity contribution is 7.84. The standard InChI is InChI=1S/C20H19FN2O2S/c1-13-10-19(14(2)23(13)17-8-4-6-15(21)11-17)20(24)22-16-7-5-9-18(12-16)26(3)25/h4-12H,1-3H3,(H,22,24). The first-order valence-electron chi connectivity index (χ1n) is 8.06. The van der Waals surface area contributed by atoms with Crippen LogP contribution in [0.25, 0.3) is 5.69 Å². The Bertz CT molecular complexity index is 1010. The van der Waals surface area contributed by atoms with Crippen molar-refractivity contribution < 1.29 is 13.4 Å². The summed E-state index contributed by atoms with van der Waals surface area (Å²) in [5.74, 6) is -0.592. The van der Waals surface area contributed by atoms with Gasteiger partial charge in [0.25, 0.3) is 5.91 Å². The number of aryl methyl sites for hydroxylation is 1. The lowest BCUT2D eigenvalue weighted by Crippen LogP contribution is -2.13. The zero-order valence-corrected chi connectivity index (χ0v) is 15.6. The number of anilines is 1. The molecule has 0 saturated heterocycles. The molecule has 3 aromatic rings. The molecular formula is C20H19FN2O2S. The minimum Gasteiger partial charge on any atom is -0.322 e. The highest BCUT2D eigenvalue weighted by Gasteiger charge is 2.17. The van der Waals surface area contributed by atoms with E-state index in [1.165, 1.54) is 12.1 Å². The summed E-state index contributed by atoms with van der Waals surface area (Å²) in [4.78, 5) is 13.4. The third-order valence-corrected chi connectivity index (χ3v) is 5.08. The van der Waals surface area contributed by atoms with Gasteiger partial charge in [-0.05, 0) is 56.3 Å². The van der Waals surface area contributed by atoms with Gasteiger partial charge in [0.2, 0.25) is 0 Å². The van der Waals surface area contributed by atoms with Gasteiger partial charge in [0, 0.05) is 44.7 Å². The van der Waals surface area contributed by atoms with E-state index in [2.05, 4.69) is 5.32 Å². The van der Waals surface area contributed by atoms with Crippen LogP contribution in [0, 0.1) is 19.7 Å². The largest absolute Gasteiger partial charge is 0.322 e. The third kappa shape index (κ3) is 3.60. The Kier molecular flexibility index (Phi) is 5.04. The highest BCUT2D eigenvalue weighted by atomic mass is 32.2. The monoisotopic (exact) mass is 370 g/mol. The van der Waals surface area contributed by atoms with Crippen molar-refractivity contribution in [1.82, 2.24) is 4.57 Å². The fourth-order valence-corrected chi connectivity index (χ4v) is 3.52. The second-order valence-corrected chi connectivity index (χ2v) is 7.42. The first kappa shape index (κ1) is 18.1. The number of benzene rings is 2. The van der Waals surface area contributed by atoms with Gasteiger partial charge in [0.15, 0.2) is 0 Å². The molecule has 2 aromatic carbocycles. The molecule has 1 unspecified atom stereocenters. The lowest BCUT2D eigenvalue weighted by atomic mass is 10.2. The van der Waals surface area contributed by atoms with Gasteiger partial charge >= 0.3 is 0 Å². The van der Waals surface area contributed by atoms with Crippen LogP contribution < -0.4 is 5.32 Å². The molecule has 1 atom stereocenters. The van der Waals surface area contributed by atoms with Crippen LogP contribution in [-0.4, -0.2) is 20.9 Å². The molecule has 1 amide bonds. The molecule has 0 spiro atoms. The summed E-state index contributed by atoms with van der Waals surface area (Å²) in [6.07, 6.45) is 1.59. The molecule has 4 nitrogen and oxygen atoms in total. The van der Waals surface area contributed by atoms with Crippen molar-refractivity contribution in [2.45, 2.75) is 18.7 Å². The quantitative estimate of drug-likeness (QED) is 0.747. The first-order valence-corrected chi connectivity index (χ1v) is 9.62. The summed E-state index contributed by atoms with van der Waals surface area (Å²) in [5.41, 5.74) is 3.32. The maximum Gasteiger partial charge on any atom is 0.257 e. The Morgan fingerprint density at radius 2 is 1.81 bits per heavy atom. The van der Waals surface area contributed by atoms with Gasteiger partial charge in [-0.25, -0.2) is 4.39 Å². The number of amides is 1. The van der Waals surface area contributed by atoms with Crippen LogP contribution in [0.3, 0.4) is 0 Å². The molecule has 0 aliphatic heterocycles. The molecular weight excluding hydrogens is 351 g/mol. The second kappa shape index (κ2) is 7.25.